The molecule has 4 nitrogen and oxygen atoms in total. The van der Waals surface area contributed by atoms with Crippen LogP contribution in [0.5, 0.6) is 5.75 Å². The molecule has 0 unspecified atom stereocenters. The number of likely N-dealkylation sites (N-methyl/N-ethyl adjacent to an activating group) is 1. The van der Waals surface area contributed by atoms with Crippen LogP contribution in [-0.2, 0) is 4.79 Å². The number of hydrogen-bond acceptors (Lipinski definition) is 3. The molecule has 5 rings (SSSR count). The van der Waals surface area contributed by atoms with Crippen molar-refractivity contribution in [3.63, 3.8) is 0 Å². The third-order valence-corrected chi connectivity index (χ3v) is 6.05. The van der Waals surface area contributed by atoms with Gasteiger partial charge in [0.15, 0.2) is 0 Å². The first-order valence-corrected chi connectivity index (χ1v) is 11.4. The summed E-state index contributed by atoms with van der Waals surface area (Å²) in [4.78, 5) is 19.1. The van der Waals surface area contributed by atoms with Gasteiger partial charge < -0.3 is 9.64 Å². The van der Waals surface area contributed by atoms with Crippen LogP contribution in [0.4, 0.5) is 5.69 Å². The van der Waals surface area contributed by atoms with Gasteiger partial charge in [0.2, 0.25) is 5.91 Å². The minimum atomic E-state index is -0.0684. The topological polar surface area (TPSA) is 41.9 Å². The number of fused-ring (bicyclic) bond motifs is 1. The molecule has 1 heterocycles. The van der Waals surface area contributed by atoms with E-state index in [4.69, 9.17) is 9.73 Å². The van der Waals surface area contributed by atoms with Crippen molar-refractivity contribution in [3.05, 3.63) is 119 Å². The molecule has 0 saturated heterocycles. The number of carbonyl (C=O) groups excluding carboxylic acids is 1. The number of carbonyl (C=O) groups is 1. The van der Waals surface area contributed by atoms with E-state index in [9.17, 15) is 4.79 Å². The van der Waals surface area contributed by atoms with Crippen LogP contribution in [-0.4, -0.2) is 32.3 Å². The summed E-state index contributed by atoms with van der Waals surface area (Å²) in [5.41, 5.74) is 7.26. The third kappa shape index (κ3) is 4.58. The van der Waals surface area contributed by atoms with Gasteiger partial charge in [-0.2, -0.15) is 0 Å². The van der Waals surface area contributed by atoms with E-state index in [1.54, 1.807) is 19.1 Å². The standard InChI is InChI=1S/C31H24N2O2/c1-33-28-20-29(35-2)26(24-11-7-4-8-12-24)19-27(28)31(32-21-30(33)34)25-17-15-23(16-18-25)14-13-22-9-5-3-6-10-22/h3-12,15-20H,21H2,1-2H3. The zero-order chi connectivity index (χ0) is 24.2. The summed E-state index contributed by atoms with van der Waals surface area (Å²) in [6.07, 6.45) is 0. The monoisotopic (exact) mass is 456 g/mol. The molecular weight excluding hydrogens is 432 g/mol. The molecule has 0 saturated carbocycles. The number of hydrogen-bond donors (Lipinski definition) is 0. The minimum Gasteiger partial charge on any atom is -0.496 e. The fourth-order valence-corrected chi connectivity index (χ4v) is 4.14. The maximum Gasteiger partial charge on any atom is 0.248 e. The van der Waals surface area contributed by atoms with Crippen LogP contribution in [0.3, 0.4) is 0 Å². The van der Waals surface area contributed by atoms with Gasteiger partial charge >= 0.3 is 0 Å². The molecule has 0 N–H and O–H groups in total. The highest BCUT2D eigenvalue weighted by Crippen LogP contribution is 2.38. The minimum absolute atomic E-state index is 0.0684. The van der Waals surface area contributed by atoms with E-state index in [0.717, 1.165) is 44.8 Å². The molecule has 0 bridgehead atoms. The molecule has 4 aromatic carbocycles. The van der Waals surface area contributed by atoms with E-state index in [1.807, 2.05) is 91.0 Å². The van der Waals surface area contributed by atoms with Crippen molar-refractivity contribution in [2.75, 3.05) is 25.6 Å². The van der Waals surface area contributed by atoms with Crippen LogP contribution in [0.25, 0.3) is 11.1 Å². The lowest BCUT2D eigenvalue weighted by Gasteiger charge is -2.21. The van der Waals surface area contributed by atoms with Crippen molar-refractivity contribution in [2.45, 2.75) is 0 Å². The fraction of sp³-hybridized carbons (Fsp3) is 0.0968. The van der Waals surface area contributed by atoms with Gasteiger partial charge in [0, 0.05) is 40.9 Å². The zero-order valence-electron chi connectivity index (χ0n) is 19.7. The van der Waals surface area contributed by atoms with E-state index in [-0.39, 0.29) is 12.5 Å². The first-order chi connectivity index (χ1) is 17.1. The number of anilines is 1. The number of ether oxygens (including phenoxy) is 1. The Labute approximate surface area is 205 Å². The van der Waals surface area contributed by atoms with Gasteiger partial charge in [-0.1, -0.05) is 72.5 Å². The largest absolute Gasteiger partial charge is 0.496 e. The maximum absolute atomic E-state index is 12.7. The second-order valence-corrected chi connectivity index (χ2v) is 8.25. The summed E-state index contributed by atoms with van der Waals surface area (Å²) in [6, 6.07) is 32.0. The molecule has 0 fully saturated rings. The molecule has 1 amide bonds. The highest BCUT2D eigenvalue weighted by molar-refractivity contribution is 6.20. The SMILES string of the molecule is COc1cc2c(cc1-c1ccccc1)C(c1ccc(C#Cc3ccccc3)cc1)=NCC(=O)N2C. The number of nitrogens with zero attached hydrogens (tertiary/aromatic N) is 2. The Morgan fingerprint density at radius 1 is 0.771 bits per heavy atom. The molecule has 4 aromatic rings. The molecule has 170 valence electrons. The summed E-state index contributed by atoms with van der Waals surface area (Å²) in [5.74, 6) is 7.05. The predicted octanol–water partition coefficient (Wildman–Crippen LogP) is 5.58. The lowest BCUT2D eigenvalue weighted by molar-refractivity contribution is -0.116. The summed E-state index contributed by atoms with van der Waals surface area (Å²) >= 11 is 0. The number of rotatable bonds is 3. The van der Waals surface area contributed by atoms with Gasteiger partial charge in [-0.05, 0) is 35.9 Å². The van der Waals surface area contributed by atoms with Crippen molar-refractivity contribution in [1.82, 2.24) is 0 Å². The van der Waals surface area contributed by atoms with Crippen molar-refractivity contribution in [2.24, 2.45) is 4.99 Å². The Morgan fingerprint density at radius 3 is 2.06 bits per heavy atom. The molecule has 0 atom stereocenters. The van der Waals surface area contributed by atoms with Gasteiger partial charge in [-0.15, -0.1) is 0 Å². The van der Waals surface area contributed by atoms with Gasteiger partial charge in [0.25, 0.3) is 0 Å². The Balaban J connectivity index is 1.58. The maximum atomic E-state index is 12.7. The average Bonchev–Trinajstić information content (AvgIpc) is 3.04. The third-order valence-electron chi connectivity index (χ3n) is 6.05. The Kier molecular flexibility index (Phi) is 6.15. The number of amides is 1. The Morgan fingerprint density at radius 2 is 1.40 bits per heavy atom. The van der Waals surface area contributed by atoms with Crippen LogP contribution < -0.4 is 9.64 Å². The molecule has 1 aliphatic heterocycles. The number of aliphatic imine (C=N–C) groups is 1. The molecule has 0 radical (unpaired) electrons. The van der Waals surface area contributed by atoms with Crippen LogP contribution in [0.2, 0.25) is 0 Å². The lowest BCUT2D eigenvalue weighted by atomic mass is 9.94. The van der Waals surface area contributed by atoms with Crippen LogP contribution >= 0.6 is 0 Å². The van der Waals surface area contributed by atoms with Crippen molar-refractivity contribution in [3.8, 4) is 28.7 Å². The summed E-state index contributed by atoms with van der Waals surface area (Å²) in [5, 5.41) is 0. The summed E-state index contributed by atoms with van der Waals surface area (Å²) in [7, 11) is 3.43. The molecule has 35 heavy (non-hydrogen) atoms. The predicted molar refractivity (Wildman–Crippen MR) is 141 cm³/mol. The van der Waals surface area contributed by atoms with Crippen molar-refractivity contribution in [1.29, 1.82) is 0 Å². The number of benzene rings is 4. The highest BCUT2D eigenvalue weighted by atomic mass is 16.5. The van der Waals surface area contributed by atoms with Gasteiger partial charge in [0.05, 0.1) is 18.5 Å². The number of methoxy groups -OCH3 is 1. The lowest BCUT2D eigenvalue weighted by Crippen LogP contribution is -2.27. The summed E-state index contributed by atoms with van der Waals surface area (Å²) in [6.45, 7) is 0.0824. The second kappa shape index (κ2) is 9.70. The van der Waals surface area contributed by atoms with Gasteiger partial charge in [-0.25, -0.2) is 0 Å². The zero-order valence-corrected chi connectivity index (χ0v) is 19.7. The first kappa shape index (κ1) is 22.2. The first-order valence-electron chi connectivity index (χ1n) is 11.4. The Hall–Kier alpha value is -4.62. The van der Waals surface area contributed by atoms with Gasteiger partial charge in [-0.3, -0.25) is 9.79 Å². The van der Waals surface area contributed by atoms with Crippen molar-refractivity contribution >= 4 is 17.3 Å². The molecular formula is C31H24N2O2. The molecule has 1 aliphatic rings. The fourth-order valence-electron chi connectivity index (χ4n) is 4.14. The average molecular weight is 457 g/mol. The van der Waals surface area contributed by atoms with Crippen LogP contribution in [0.1, 0.15) is 22.3 Å². The van der Waals surface area contributed by atoms with E-state index in [0.29, 0.717) is 5.75 Å². The van der Waals surface area contributed by atoms with Crippen LogP contribution in [0.15, 0.2) is 102 Å². The second-order valence-electron chi connectivity index (χ2n) is 8.25. The molecule has 0 aromatic heterocycles. The van der Waals surface area contributed by atoms with E-state index in [1.165, 1.54) is 0 Å². The smallest absolute Gasteiger partial charge is 0.248 e. The summed E-state index contributed by atoms with van der Waals surface area (Å²) < 4.78 is 5.72. The van der Waals surface area contributed by atoms with E-state index < -0.39 is 0 Å². The molecule has 0 spiro atoms. The normalized spacial score (nSPS) is 12.7. The van der Waals surface area contributed by atoms with Crippen LogP contribution in [0, 0.1) is 11.8 Å². The van der Waals surface area contributed by atoms with Crippen molar-refractivity contribution < 1.29 is 9.53 Å². The Bertz CT molecular complexity index is 1460. The van der Waals surface area contributed by atoms with E-state index >= 15 is 0 Å². The number of benzodiazepines with no additional fused rings is 1. The van der Waals surface area contributed by atoms with E-state index in [2.05, 4.69) is 17.9 Å². The highest BCUT2D eigenvalue weighted by Gasteiger charge is 2.25. The molecule has 4 heteroatoms. The molecule has 0 aliphatic carbocycles. The quantitative estimate of drug-likeness (QED) is 0.378. The van der Waals surface area contributed by atoms with Gasteiger partial charge in [0.1, 0.15) is 12.3 Å².